The van der Waals surface area contributed by atoms with Crippen LogP contribution in [0.15, 0.2) is 41.3 Å². The van der Waals surface area contributed by atoms with Crippen molar-refractivity contribution >= 4 is 16.7 Å². The van der Waals surface area contributed by atoms with E-state index in [0.717, 1.165) is 35.3 Å². The number of unbranched alkanes of at least 4 members (excludes halogenated alkanes) is 1. The molecular formula is C21H26N4O2. The van der Waals surface area contributed by atoms with Gasteiger partial charge >= 0.3 is 0 Å². The van der Waals surface area contributed by atoms with Gasteiger partial charge in [0, 0.05) is 23.3 Å². The maximum Gasteiger partial charge on any atom is 0.281 e. The molecule has 0 saturated carbocycles. The van der Waals surface area contributed by atoms with Crippen LogP contribution in [0, 0.1) is 13.8 Å². The van der Waals surface area contributed by atoms with Crippen molar-refractivity contribution in [1.82, 2.24) is 19.7 Å². The van der Waals surface area contributed by atoms with Crippen LogP contribution in [-0.4, -0.2) is 26.8 Å². The summed E-state index contributed by atoms with van der Waals surface area (Å²) in [6.07, 6.45) is 3.70. The molecule has 1 unspecified atom stereocenters. The second-order valence-electron chi connectivity index (χ2n) is 6.85. The summed E-state index contributed by atoms with van der Waals surface area (Å²) in [6.45, 7) is 8.44. The maximum absolute atomic E-state index is 13.1. The van der Waals surface area contributed by atoms with E-state index in [1.165, 1.54) is 4.68 Å². The largest absolute Gasteiger partial charge is 0.354 e. The molecule has 6 nitrogen and oxygen atoms in total. The zero-order valence-corrected chi connectivity index (χ0v) is 16.3. The molecule has 0 aliphatic carbocycles. The van der Waals surface area contributed by atoms with E-state index in [9.17, 15) is 9.59 Å². The van der Waals surface area contributed by atoms with Crippen molar-refractivity contribution < 1.29 is 4.79 Å². The fraction of sp³-hybridized carbons (Fsp3) is 0.381. The van der Waals surface area contributed by atoms with Gasteiger partial charge in [0.25, 0.3) is 5.56 Å². The van der Waals surface area contributed by atoms with Crippen LogP contribution in [0.5, 0.6) is 0 Å². The Labute approximate surface area is 158 Å². The predicted octanol–water partition coefficient (Wildman–Crippen LogP) is 3.28. The summed E-state index contributed by atoms with van der Waals surface area (Å²) in [5, 5.41) is 8.72. The number of aromatic nitrogens is 3. The van der Waals surface area contributed by atoms with E-state index in [2.05, 4.69) is 17.3 Å². The van der Waals surface area contributed by atoms with Crippen LogP contribution in [0.4, 0.5) is 0 Å². The molecule has 0 aliphatic rings. The van der Waals surface area contributed by atoms with Crippen molar-refractivity contribution in [3.8, 4) is 5.69 Å². The van der Waals surface area contributed by atoms with Gasteiger partial charge in [-0.15, -0.1) is 0 Å². The highest BCUT2D eigenvalue weighted by Gasteiger charge is 2.23. The molecule has 1 amide bonds. The third kappa shape index (κ3) is 3.39. The van der Waals surface area contributed by atoms with Gasteiger partial charge < -0.3 is 9.88 Å². The summed E-state index contributed by atoms with van der Waals surface area (Å²) < 4.78 is 3.34. The van der Waals surface area contributed by atoms with E-state index in [1.54, 1.807) is 6.20 Å². The topological polar surface area (TPSA) is 68.9 Å². The molecule has 142 valence electrons. The first-order valence-corrected chi connectivity index (χ1v) is 9.40. The summed E-state index contributed by atoms with van der Waals surface area (Å²) >= 11 is 0. The van der Waals surface area contributed by atoms with Gasteiger partial charge in [0.05, 0.1) is 17.3 Å². The normalized spacial score (nSPS) is 12.3. The molecule has 2 heterocycles. The van der Waals surface area contributed by atoms with Crippen LogP contribution in [0.3, 0.4) is 0 Å². The first-order valence-electron chi connectivity index (χ1n) is 9.40. The minimum atomic E-state index is -0.390. The smallest absolute Gasteiger partial charge is 0.281 e. The first-order chi connectivity index (χ1) is 13.0. The Morgan fingerprint density at radius 1 is 1.19 bits per heavy atom. The molecule has 0 saturated heterocycles. The molecule has 1 aromatic carbocycles. The molecule has 0 bridgehead atoms. The Balaban J connectivity index is 2.07. The van der Waals surface area contributed by atoms with Crippen molar-refractivity contribution in [3.05, 3.63) is 58.3 Å². The molecular weight excluding hydrogens is 340 g/mol. The maximum atomic E-state index is 13.1. The van der Waals surface area contributed by atoms with Gasteiger partial charge in [-0.05, 0) is 39.3 Å². The second kappa shape index (κ2) is 7.78. The average Bonchev–Trinajstić information content (AvgIpc) is 2.93. The fourth-order valence-electron chi connectivity index (χ4n) is 3.57. The predicted molar refractivity (Wildman–Crippen MR) is 107 cm³/mol. The number of hydrogen-bond donors (Lipinski definition) is 1. The highest BCUT2D eigenvalue weighted by atomic mass is 16.2. The number of benzene rings is 1. The minimum absolute atomic E-state index is 0.0358. The molecule has 3 aromatic rings. The van der Waals surface area contributed by atoms with Crippen LogP contribution in [-0.2, 0) is 4.79 Å². The number of fused-ring (bicyclic) bond motifs is 1. The van der Waals surface area contributed by atoms with E-state index >= 15 is 0 Å². The van der Waals surface area contributed by atoms with Crippen LogP contribution in [0.2, 0.25) is 0 Å². The Hall–Kier alpha value is -2.89. The van der Waals surface area contributed by atoms with Crippen LogP contribution in [0.25, 0.3) is 16.5 Å². The minimum Gasteiger partial charge on any atom is -0.354 e. The van der Waals surface area contributed by atoms with E-state index in [-0.39, 0.29) is 17.5 Å². The summed E-state index contributed by atoms with van der Waals surface area (Å²) in [5.41, 5.74) is 2.22. The SMILES string of the molecule is CCCCNC(=O)C(C)n1c(C)c2cnn(-c3ccccc3)c(=O)c2c1C. The number of aryl methyl sites for hydroxylation is 2. The third-order valence-electron chi connectivity index (χ3n) is 5.05. The second-order valence-corrected chi connectivity index (χ2v) is 6.85. The van der Waals surface area contributed by atoms with Crippen molar-refractivity contribution in [2.75, 3.05) is 6.54 Å². The van der Waals surface area contributed by atoms with Crippen LogP contribution in [0.1, 0.15) is 44.1 Å². The standard InChI is InChI=1S/C21H26N4O2/c1-5-6-12-22-20(26)16(4)24-14(2)18-13-23-25(17-10-8-7-9-11-17)21(27)19(18)15(24)3/h7-11,13,16H,5-6,12H2,1-4H3,(H,22,26). The van der Waals surface area contributed by atoms with Gasteiger partial charge in [0.1, 0.15) is 6.04 Å². The summed E-state index contributed by atoms with van der Waals surface area (Å²) in [7, 11) is 0. The lowest BCUT2D eigenvalue weighted by Gasteiger charge is -2.18. The zero-order valence-electron chi connectivity index (χ0n) is 16.3. The highest BCUT2D eigenvalue weighted by molar-refractivity contribution is 5.89. The summed E-state index contributed by atoms with van der Waals surface area (Å²) in [4.78, 5) is 25.6. The highest BCUT2D eigenvalue weighted by Crippen LogP contribution is 2.26. The summed E-state index contributed by atoms with van der Waals surface area (Å²) in [5.74, 6) is -0.0358. The molecule has 2 aromatic heterocycles. The van der Waals surface area contributed by atoms with Crippen molar-refractivity contribution in [3.63, 3.8) is 0 Å². The van der Waals surface area contributed by atoms with E-state index in [4.69, 9.17) is 0 Å². The molecule has 0 fully saturated rings. The number of amides is 1. The molecule has 27 heavy (non-hydrogen) atoms. The monoisotopic (exact) mass is 366 g/mol. The lowest BCUT2D eigenvalue weighted by molar-refractivity contribution is -0.123. The van der Waals surface area contributed by atoms with Gasteiger partial charge in [-0.25, -0.2) is 0 Å². The number of carbonyl (C=O) groups excluding carboxylic acids is 1. The Morgan fingerprint density at radius 3 is 2.56 bits per heavy atom. The van der Waals surface area contributed by atoms with E-state index < -0.39 is 0 Å². The molecule has 1 atom stereocenters. The number of nitrogens with zero attached hydrogens (tertiary/aromatic N) is 3. The lowest BCUT2D eigenvalue weighted by Crippen LogP contribution is -2.32. The molecule has 3 rings (SSSR count). The van der Waals surface area contributed by atoms with Gasteiger partial charge in [-0.1, -0.05) is 31.5 Å². The van der Waals surface area contributed by atoms with Gasteiger partial charge in [0.15, 0.2) is 0 Å². The third-order valence-corrected chi connectivity index (χ3v) is 5.05. The number of hydrogen-bond acceptors (Lipinski definition) is 3. The zero-order chi connectivity index (χ0) is 19.6. The van der Waals surface area contributed by atoms with Crippen LogP contribution >= 0.6 is 0 Å². The molecule has 1 N–H and O–H groups in total. The van der Waals surface area contributed by atoms with Crippen molar-refractivity contribution in [2.24, 2.45) is 0 Å². The Kier molecular flexibility index (Phi) is 5.44. The summed E-state index contributed by atoms with van der Waals surface area (Å²) in [6, 6.07) is 8.96. The van der Waals surface area contributed by atoms with E-state index in [0.29, 0.717) is 11.9 Å². The first kappa shape index (κ1) is 18.9. The lowest BCUT2D eigenvalue weighted by atomic mass is 10.2. The van der Waals surface area contributed by atoms with E-state index in [1.807, 2.05) is 55.7 Å². The fourth-order valence-corrected chi connectivity index (χ4v) is 3.57. The van der Waals surface area contributed by atoms with Gasteiger partial charge in [-0.2, -0.15) is 9.78 Å². The van der Waals surface area contributed by atoms with Gasteiger partial charge in [-0.3, -0.25) is 9.59 Å². The number of rotatable bonds is 6. The van der Waals surface area contributed by atoms with Crippen molar-refractivity contribution in [2.45, 2.75) is 46.6 Å². The Bertz CT molecular complexity index is 1020. The Morgan fingerprint density at radius 2 is 1.89 bits per heavy atom. The average molecular weight is 366 g/mol. The molecule has 6 heteroatoms. The number of para-hydroxylation sites is 1. The molecule has 0 aliphatic heterocycles. The quantitative estimate of drug-likeness (QED) is 0.681. The molecule has 0 radical (unpaired) electrons. The van der Waals surface area contributed by atoms with Crippen molar-refractivity contribution in [1.29, 1.82) is 0 Å². The number of nitrogens with one attached hydrogen (secondary N) is 1. The van der Waals surface area contributed by atoms with Gasteiger partial charge in [0.2, 0.25) is 5.91 Å². The van der Waals surface area contributed by atoms with Crippen LogP contribution < -0.4 is 10.9 Å². The molecule has 0 spiro atoms. The number of carbonyl (C=O) groups is 1.